The van der Waals surface area contributed by atoms with Crippen LogP contribution in [0.3, 0.4) is 0 Å². The fourth-order valence-corrected chi connectivity index (χ4v) is 6.76. The standard InChI is InChI=1S/C17H25N3O5S2/c1-2-19(12-17(21)18-16-8-10-26(22,23)13-16)27(24,25)20-9-7-14-5-3-4-6-15(14)11-20/h3-6,16H,2,7-13H2,1H3,(H,18,21)/t16-/m0/s1. The molecule has 2 aliphatic heterocycles. The van der Waals surface area contributed by atoms with Crippen LogP contribution in [-0.4, -0.2) is 68.5 Å². The normalized spacial score (nSPS) is 22.5. The number of amides is 1. The Kier molecular flexibility index (Phi) is 5.90. The van der Waals surface area contributed by atoms with Gasteiger partial charge in [0.2, 0.25) is 5.91 Å². The molecule has 2 aliphatic rings. The molecule has 1 saturated heterocycles. The number of nitrogens with zero attached hydrogens (tertiary/aromatic N) is 2. The van der Waals surface area contributed by atoms with Crippen molar-refractivity contribution in [1.29, 1.82) is 0 Å². The Morgan fingerprint density at radius 1 is 1.30 bits per heavy atom. The smallest absolute Gasteiger partial charge is 0.282 e. The summed E-state index contributed by atoms with van der Waals surface area (Å²) in [4.78, 5) is 12.3. The van der Waals surface area contributed by atoms with E-state index in [1.165, 1.54) is 4.31 Å². The molecule has 1 atom stereocenters. The molecule has 0 spiro atoms. The van der Waals surface area contributed by atoms with E-state index in [1.807, 2.05) is 24.3 Å². The average molecular weight is 416 g/mol. The van der Waals surface area contributed by atoms with Crippen LogP contribution in [0.25, 0.3) is 0 Å². The highest BCUT2D eigenvalue weighted by atomic mass is 32.2. The number of sulfone groups is 1. The Morgan fingerprint density at radius 3 is 2.63 bits per heavy atom. The molecule has 0 saturated carbocycles. The molecule has 0 aliphatic carbocycles. The Morgan fingerprint density at radius 2 is 2.00 bits per heavy atom. The van der Waals surface area contributed by atoms with E-state index in [-0.39, 0.29) is 31.1 Å². The molecule has 0 radical (unpaired) electrons. The predicted molar refractivity (Wildman–Crippen MR) is 102 cm³/mol. The lowest BCUT2D eigenvalue weighted by Crippen LogP contribution is -2.50. The minimum absolute atomic E-state index is 0.0565. The van der Waals surface area contributed by atoms with Crippen LogP contribution in [-0.2, 0) is 37.8 Å². The molecule has 1 N–H and O–H groups in total. The van der Waals surface area contributed by atoms with Gasteiger partial charge in [-0.1, -0.05) is 31.2 Å². The Hall–Kier alpha value is -1.49. The highest BCUT2D eigenvalue weighted by Crippen LogP contribution is 2.22. The predicted octanol–water partition coefficient (Wildman–Crippen LogP) is -0.0853. The fourth-order valence-electron chi connectivity index (χ4n) is 3.53. The van der Waals surface area contributed by atoms with Crippen molar-refractivity contribution in [2.75, 3.05) is 31.1 Å². The van der Waals surface area contributed by atoms with Crippen molar-refractivity contribution in [3.63, 3.8) is 0 Å². The van der Waals surface area contributed by atoms with E-state index in [2.05, 4.69) is 5.32 Å². The third kappa shape index (κ3) is 4.68. The van der Waals surface area contributed by atoms with Crippen LogP contribution in [0.2, 0.25) is 0 Å². The maximum atomic E-state index is 13.0. The summed E-state index contributed by atoms with van der Waals surface area (Å²) in [6.45, 7) is 2.20. The minimum atomic E-state index is -3.78. The summed E-state index contributed by atoms with van der Waals surface area (Å²) in [5, 5.41) is 2.65. The molecular formula is C17H25N3O5S2. The van der Waals surface area contributed by atoms with Gasteiger partial charge in [0.15, 0.2) is 9.84 Å². The van der Waals surface area contributed by atoms with Gasteiger partial charge in [-0.05, 0) is 24.0 Å². The van der Waals surface area contributed by atoms with Crippen molar-refractivity contribution >= 4 is 26.0 Å². The summed E-state index contributed by atoms with van der Waals surface area (Å²) >= 11 is 0. The number of hydrogen-bond acceptors (Lipinski definition) is 5. The van der Waals surface area contributed by atoms with Gasteiger partial charge < -0.3 is 5.32 Å². The molecule has 1 aromatic carbocycles. The number of carbonyl (C=O) groups excluding carboxylic acids is 1. The second kappa shape index (κ2) is 7.86. The quantitative estimate of drug-likeness (QED) is 0.700. The maximum absolute atomic E-state index is 13.0. The zero-order valence-electron chi connectivity index (χ0n) is 15.3. The molecule has 0 bridgehead atoms. The van der Waals surface area contributed by atoms with Gasteiger partial charge >= 0.3 is 0 Å². The third-order valence-electron chi connectivity index (χ3n) is 5.02. The van der Waals surface area contributed by atoms with E-state index in [4.69, 9.17) is 0 Å². The monoisotopic (exact) mass is 415 g/mol. The van der Waals surface area contributed by atoms with Gasteiger partial charge in [-0.3, -0.25) is 4.79 Å². The summed E-state index contributed by atoms with van der Waals surface area (Å²) < 4.78 is 51.5. The molecule has 2 heterocycles. The van der Waals surface area contributed by atoms with Crippen LogP contribution in [0.15, 0.2) is 24.3 Å². The lowest BCUT2D eigenvalue weighted by Gasteiger charge is -2.32. The Balaban J connectivity index is 1.65. The number of likely N-dealkylation sites (N-methyl/N-ethyl adjacent to an activating group) is 1. The summed E-state index contributed by atoms with van der Waals surface area (Å²) in [6.07, 6.45) is 1.01. The van der Waals surface area contributed by atoms with Crippen LogP contribution in [0.1, 0.15) is 24.5 Å². The van der Waals surface area contributed by atoms with Gasteiger partial charge in [0.05, 0.1) is 18.1 Å². The first-order chi connectivity index (χ1) is 12.7. The average Bonchev–Trinajstić information content (AvgIpc) is 2.97. The summed E-state index contributed by atoms with van der Waals surface area (Å²) in [6, 6.07) is 7.30. The Bertz CT molecular complexity index is 914. The van der Waals surface area contributed by atoms with Crippen LogP contribution in [0.5, 0.6) is 0 Å². The number of rotatable bonds is 6. The lowest BCUT2D eigenvalue weighted by atomic mass is 10.0. The van der Waals surface area contributed by atoms with Crippen LogP contribution >= 0.6 is 0 Å². The van der Waals surface area contributed by atoms with Crippen molar-refractivity contribution in [3.05, 3.63) is 35.4 Å². The maximum Gasteiger partial charge on any atom is 0.282 e. The molecule has 1 amide bonds. The largest absolute Gasteiger partial charge is 0.351 e. The van der Waals surface area contributed by atoms with Gasteiger partial charge in [-0.15, -0.1) is 0 Å². The molecule has 1 fully saturated rings. The van der Waals surface area contributed by atoms with Crippen molar-refractivity contribution in [1.82, 2.24) is 13.9 Å². The molecule has 1 aromatic rings. The highest BCUT2D eigenvalue weighted by Gasteiger charge is 2.34. The first-order valence-corrected chi connectivity index (χ1v) is 12.2. The number of nitrogens with one attached hydrogen (secondary N) is 1. The number of carbonyl (C=O) groups is 1. The first-order valence-electron chi connectivity index (χ1n) is 9.03. The third-order valence-corrected chi connectivity index (χ3v) is 8.79. The van der Waals surface area contributed by atoms with E-state index in [9.17, 15) is 21.6 Å². The lowest BCUT2D eigenvalue weighted by molar-refractivity contribution is -0.121. The van der Waals surface area contributed by atoms with Gasteiger partial charge in [-0.2, -0.15) is 17.0 Å². The molecule has 0 unspecified atom stereocenters. The SMILES string of the molecule is CCN(CC(=O)N[C@H]1CCS(=O)(=O)C1)S(=O)(=O)N1CCc2ccccc2C1. The second-order valence-corrected chi connectivity index (χ2v) is 11.1. The first kappa shape index (κ1) is 20.2. The second-order valence-electron chi connectivity index (χ2n) is 6.95. The molecule has 10 heteroatoms. The van der Waals surface area contributed by atoms with Gasteiger partial charge in [-0.25, -0.2) is 8.42 Å². The summed E-state index contributed by atoms with van der Waals surface area (Å²) in [5.74, 6) is -0.499. The van der Waals surface area contributed by atoms with Gasteiger partial charge in [0, 0.05) is 25.7 Å². The van der Waals surface area contributed by atoms with Crippen molar-refractivity contribution < 1.29 is 21.6 Å². The molecule has 3 rings (SSSR count). The number of benzene rings is 1. The molecule has 8 nitrogen and oxygen atoms in total. The minimum Gasteiger partial charge on any atom is -0.351 e. The Labute approximate surface area is 160 Å². The van der Waals surface area contributed by atoms with Crippen LogP contribution in [0, 0.1) is 0 Å². The van der Waals surface area contributed by atoms with Crippen LogP contribution in [0.4, 0.5) is 0 Å². The zero-order valence-corrected chi connectivity index (χ0v) is 16.9. The van der Waals surface area contributed by atoms with Crippen molar-refractivity contribution in [2.24, 2.45) is 0 Å². The summed E-state index contributed by atoms with van der Waals surface area (Å²) in [5.41, 5.74) is 2.12. The van der Waals surface area contributed by atoms with Gasteiger partial charge in [0.1, 0.15) is 0 Å². The van der Waals surface area contributed by atoms with E-state index in [0.717, 1.165) is 15.4 Å². The number of hydrogen-bond donors (Lipinski definition) is 1. The zero-order chi connectivity index (χ0) is 19.7. The van der Waals surface area contributed by atoms with E-state index < -0.39 is 32.0 Å². The van der Waals surface area contributed by atoms with Crippen molar-refractivity contribution in [3.8, 4) is 0 Å². The van der Waals surface area contributed by atoms with Crippen LogP contribution < -0.4 is 5.32 Å². The molecule has 0 aromatic heterocycles. The van der Waals surface area contributed by atoms with Gasteiger partial charge in [0.25, 0.3) is 10.2 Å². The molecular weight excluding hydrogens is 390 g/mol. The van der Waals surface area contributed by atoms with E-state index in [1.54, 1.807) is 6.92 Å². The number of fused-ring (bicyclic) bond motifs is 1. The van der Waals surface area contributed by atoms with E-state index in [0.29, 0.717) is 19.4 Å². The van der Waals surface area contributed by atoms with E-state index >= 15 is 0 Å². The topological polar surface area (TPSA) is 104 Å². The summed E-state index contributed by atoms with van der Waals surface area (Å²) in [7, 11) is -6.88. The highest BCUT2D eigenvalue weighted by molar-refractivity contribution is 7.91. The fraction of sp³-hybridized carbons (Fsp3) is 0.588. The molecule has 27 heavy (non-hydrogen) atoms. The van der Waals surface area contributed by atoms with Crippen molar-refractivity contribution in [2.45, 2.75) is 32.4 Å². The molecule has 150 valence electrons.